The van der Waals surface area contributed by atoms with Gasteiger partial charge < -0.3 is 15.6 Å². The average Bonchev–Trinajstić information content (AvgIpc) is 2.77. The number of aromatic hydroxyl groups is 1. The van der Waals surface area contributed by atoms with E-state index >= 15 is 0 Å². The van der Waals surface area contributed by atoms with Crippen molar-refractivity contribution in [2.24, 2.45) is 5.73 Å². The highest BCUT2D eigenvalue weighted by Gasteiger charge is 2.27. The van der Waals surface area contributed by atoms with Gasteiger partial charge in [0.15, 0.2) is 0 Å². The normalized spacial score (nSPS) is 11.7. The molecule has 1 aromatic heterocycles. The number of nitrogens with zero attached hydrogens (tertiary/aromatic N) is 2. The predicted octanol–water partition coefficient (Wildman–Crippen LogP) is 2.34. The lowest BCUT2D eigenvalue weighted by Gasteiger charge is -2.16. The molecule has 1 heterocycles. The average molecular weight is 275 g/mol. The summed E-state index contributed by atoms with van der Waals surface area (Å²) in [5.74, 6) is 0.719. The lowest BCUT2D eigenvalue weighted by atomic mass is 9.89. The Hall–Kier alpha value is -2.01. The summed E-state index contributed by atoms with van der Waals surface area (Å²) in [5, 5.41) is 14.6. The van der Waals surface area contributed by atoms with Crippen LogP contribution in [0.15, 0.2) is 24.3 Å². The molecule has 0 unspecified atom stereocenters. The summed E-state index contributed by atoms with van der Waals surface area (Å²) >= 11 is 0. The number of nitrogens with two attached hydrogens (primary N) is 1. The molecule has 0 fully saturated rings. The van der Waals surface area contributed by atoms with Crippen molar-refractivity contribution in [1.82, 2.24) is 9.78 Å². The van der Waals surface area contributed by atoms with E-state index in [1.54, 1.807) is 30.0 Å². The SMILES string of the molecule is COc1c(CN)c(C(C)(C)C)nn1-c1ccccc1O. The fraction of sp³-hybridized carbons (Fsp3) is 0.400. The summed E-state index contributed by atoms with van der Waals surface area (Å²) in [6.07, 6.45) is 0. The second-order valence-corrected chi connectivity index (χ2v) is 5.69. The number of hydrogen-bond acceptors (Lipinski definition) is 4. The molecule has 2 rings (SSSR count). The molecule has 0 aliphatic rings. The van der Waals surface area contributed by atoms with Gasteiger partial charge in [-0.15, -0.1) is 0 Å². The molecule has 0 aliphatic carbocycles. The fourth-order valence-corrected chi connectivity index (χ4v) is 2.24. The first-order chi connectivity index (χ1) is 9.40. The molecule has 0 amide bonds. The number of hydrogen-bond donors (Lipinski definition) is 2. The van der Waals surface area contributed by atoms with E-state index < -0.39 is 0 Å². The van der Waals surface area contributed by atoms with Crippen LogP contribution >= 0.6 is 0 Å². The number of para-hydroxylation sites is 2. The summed E-state index contributed by atoms with van der Waals surface area (Å²) < 4.78 is 7.07. The number of phenolic OH excluding ortho intramolecular Hbond substituents is 1. The van der Waals surface area contributed by atoms with Gasteiger partial charge >= 0.3 is 0 Å². The van der Waals surface area contributed by atoms with Gasteiger partial charge in [0, 0.05) is 12.0 Å². The number of benzene rings is 1. The van der Waals surface area contributed by atoms with Crippen molar-refractivity contribution >= 4 is 0 Å². The third kappa shape index (κ3) is 2.36. The van der Waals surface area contributed by atoms with E-state index in [2.05, 4.69) is 25.9 Å². The van der Waals surface area contributed by atoms with Crippen molar-refractivity contribution in [3.05, 3.63) is 35.5 Å². The smallest absolute Gasteiger partial charge is 0.221 e. The van der Waals surface area contributed by atoms with Gasteiger partial charge in [-0.1, -0.05) is 32.9 Å². The van der Waals surface area contributed by atoms with E-state index in [0.29, 0.717) is 18.1 Å². The first-order valence-corrected chi connectivity index (χ1v) is 6.55. The Bertz CT molecular complexity index is 612. The van der Waals surface area contributed by atoms with Gasteiger partial charge in [0.25, 0.3) is 0 Å². The Morgan fingerprint density at radius 1 is 1.30 bits per heavy atom. The van der Waals surface area contributed by atoms with Crippen molar-refractivity contribution < 1.29 is 9.84 Å². The highest BCUT2D eigenvalue weighted by molar-refractivity contribution is 5.50. The second-order valence-electron chi connectivity index (χ2n) is 5.69. The Morgan fingerprint density at radius 3 is 2.45 bits per heavy atom. The van der Waals surface area contributed by atoms with E-state index in [1.807, 2.05) is 6.07 Å². The van der Waals surface area contributed by atoms with E-state index in [-0.39, 0.29) is 11.2 Å². The maximum atomic E-state index is 10.0. The Kier molecular flexibility index (Phi) is 3.72. The number of aromatic nitrogens is 2. The third-order valence-electron chi connectivity index (χ3n) is 3.15. The molecule has 0 saturated heterocycles. The molecule has 0 atom stereocenters. The molecular formula is C15H21N3O2. The van der Waals surface area contributed by atoms with Gasteiger partial charge in [-0.05, 0) is 12.1 Å². The van der Waals surface area contributed by atoms with Crippen LogP contribution in [0.3, 0.4) is 0 Å². The monoisotopic (exact) mass is 275 g/mol. The number of methoxy groups -OCH3 is 1. The molecule has 1 aromatic carbocycles. The molecule has 0 bridgehead atoms. The predicted molar refractivity (Wildman–Crippen MR) is 78.4 cm³/mol. The summed E-state index contributed by atoms with van der Waals surface area (Å²) in [6.45, 7) is 6.55. The van der Waals surface area contributed by atoms with Crippen molar-refractivity contribution in [3.8, 4) is 17.3 Å². The molecule has 5 nitrogen and oxygen atoms in total. The summed E-state index contributed by atoms with van der Waals surface area (Å²) in [4.78, 5) is 0. The summed E-state index contributed by atoms with van der Waals surface area (Å²) in [7, 11) is 1.58. The zero-order valence-electron chi connectivity index (χ0n) is 12.3. The van der Waals surface area contributed by atoms with Gasteiger partial charge in [0.05, 0.1) is 18.4 Å². The van der Waals surface area contributed by atoms with E-state index in [0.717, 1.165) is 11.3 Å². The maximum absolute atomic E-state index is 10.0. The number of phenols is 1. The molecule has 108 valence electrons. The van der Waals surface area contributed by atoms with Crippen molar-refractivity contribution in [2.75, 3.05) is 7.11 Å². The van der Waals surface area contributed by atoms with Crippen molar-refractivity contribution in [2.45, 2.75) is 32.7 Å². The van der Waals surface area contributed by atoms with Crippen LogP contribution in [0.2, 0.25) is 0 Å². The Morgan fingerprint density at radius 2 is 1.95 bits per heavy atom. The van der Waals surface area contributed by atoms with E-state index in [1.165, 1.54) is 0 Å². The van der Waals surface area contributed by atoms with Crippen LogP contribution in [0.25, 0.3) is 5.69 Å². The quantitative estimate of drug-likeness (QED) is 0.901. The van der Waals surface area contributed by atoms with Crippen molar-refractivity contribution in [3.63, 3.8) is 0 Å². The minimum absolute atomic E-state index is 0.150. The highest BCUT2D eigenvalue weighted by Crippen LogP contribution is 2.34. The first-order valence-electron chi connectivity index (χ1n) is 6.55. The van der Waals surface area contributed by atoms with Crippen LogP contribution in [-0.4, -0.2) is 22.0 Å². The van der Waals surface area contributed by atoms with Crippen molar-refractivity contribution in [1.29, 1.82) is 0 Å². The van der Waals surface area contributed by atoms with Crippen LogP contribution in [0, 0.1) is 0 Å². The van der Waals surface area contributed by atoms with Gasteiger partial charge in [-0.3, -0.25) is 0 Å². The van der Waals surface area contributed by atoms with Gasteiger partial charge in [0.2, 0.25) is 5.88 Å². The molecule has 2 aromatic rings. The molecule has 0 spiro atoms. The first kappa shape index (κ1) is 14.4. The van der Waals surface area contributed by atoms with Crippen LogP contribution in [0.1, 0.15) is 32.0 Å². The van der Waals surface area contributed by atoms with Crippen LogP contribution in [-0.2, 0) is 12.0 Å². The van der Waals surface area contributed by atoms with Crippen LogP contribution in [0.4, 0.5) is 0 Å². The lowest BCUT2D eigenvalue weighted by molar-refractivity contribution is 0.376. The largest absolute Gasteiger partial charge is 0.506 e. The number of rotatable bonds is 3. The minimum Gasteiger partial charge on any atom is -0.506 e. The van der Waals surface area contributed by atoms with Crippen LogP contribution in [0.5, 0.6) is 11.6 Å². The molecule has 0 radical (unpaired) electrons. The lowest BCUT2D eigenvalue weighted by Crippen LogP contribution is -2.16. The summed E-state index contributed by atoms with van der Waals surface area (Å²) in [5.41, 5.74) is 8.02. The molecular weight excluding hydrogens is 254 g/mol. The number of ether oxygens (including phenoxy) is 1. The molecule has 3 N–H and O–H groups in total. The van der Waals surface area contributed by atoms with E-state index in [4.69, 9.17) is 10.5 Å². The van der Waals surface area contributed by atoms with E-state index in [9.17, 15) is 5.11 Å². The molecule has 0 aliphatic heterocycles. The standard InChI is InChI=1S/C15H21N3O2/c1-15(2,3)13-10(9-16)14(20-4)18(17-13)11-7-5-6-8-12(11)19/h5-8,19H,9,16H2,1-4H3. The summed E-state index contributed by atoms with van der Waals surface area (Å²) in [6, 6.07) is 7.02. The zero-order valence-corrected chi connectivity index (χ0v) is 12.3. The van der Waals surface area contributed by atoms with Crippen LogP contribution < -0.4 is 10.5 Å². The molecule has 5 heteroatoms. The van der Waals surface area contributed by atoms with Gasteiger partial charge in [-0.2, -0.15) is 9.78 Å². The fourth-order valence-electron chi connectivity index (χ4n) is 2.24. The highest BCUT2D eigenvalue weighted by atomic mass is 16.5. The Labute approximate surface area is 119 Å². The van der Waals surface area contributed by atoms with Gasteiger partial charge in [-0.25, -0.2) is 0 Å². The Balaban J connectivity index is 2.72. The minimum atomic E-state index is -0.155. The molecule has 20 heavy (non-hydrogen) atoms. The topological polar surface area (TPSA) is 73.3 Å². The maximum Gasteiger partial charge on any atom is 0.221 e. The van der Waals surface area contributed by atoms with Gasteiger partial charge in [0.1, 0.15) is 11.4 Å². The second kappa shape index (κ2) is 5.17. The molecule has 0 saturated carbocycles. The zero-order chi connectivity index (χ0) is 14.9. The third-order valence-corrected chi connectivity index (χ3v) is 3.15.